The molecule has 118 valence electrons. The zero-order valence-corrected chi connectivity index (χ0v) is 12.9. The van der Waals surface area contributed by atoms with Gasteiger partial charge in [0.05, 0.1) is 5.52 Å². The Morgan fingerprint density at radius 3 is 2.36 bits per heavy atom. The minimum absolute atomic E-state index is 0.00822. The maximum Gasteiger partial charge on any atom is 0.320 e. The molecule has 2 unspecified atom stereocenters. The van der Waals surface area contributed by atoms with Crippen molar-refractivity contribution in [1.29, 1.82) is 0 Å². The number of aromatic nitrogens is 1. The molecule has 11 heteroatoms. The van der Waals surface area contributed by atoms with Gasteiger partial charge in [0.1, 0.15) is 5.69 Å². The van der Waals surface area contributed by atoms with Gasteiger partial charge in [0, 0.05) is 5.39 Å². The maximum atomic E-state index is 12.0. The molecule has 0 saturated heterocycles. The zero-order valence-electron chi connectivity index (χ0n) is 10.9. The van der Waals surface area contributed by atoms with E-state index < -0.39 is 28.8 Å². The third-order valence-electron chi connectivity index (χ3n) is 2.50. The summed E-state index contributed by atoms with van der Waals surface area (Å²) >= 11 is 0. The van der Waals surface area contributed by atoms with Crippen molar-refractivity contribution in [3.05, 3.63) is 42.1 Å². The van der Waals surface area contributed by atoms with Crippen LogP contribution in [-0.2, 0) is 18.2 Å². The van der Waals surface area contributed by atoms with Crippen LogP contribution in [0.3, 0.4) is 0 Å². The summed E-state index contributed by atoms with van der Waals surface area (Å²) < 4.78 is 29.9. The predicted octanol–water partition coefficient (Wildman–Crippen LogP) is 1.05. The van der Waals surface area contributed by atoms with Crippen LogP contribution < -0.4 is 5.32 Å². The Hall–Kier alpha value is -1.60. The third kappa shape index (κ3) is 4.71. The van der Waals surface area contributed by atoms with E-state index >= 15 is 0 Å². The van der Waals surface area contributed by atoms with Crippen LogP contribution in [-0.4, -0.2) is 27.1 Å². The summed E-state index contributed by atoms with van der Waals surface area (Å²) in [5.41, 5.74) is 0.561. The van der Waals surface area contributed by atoms with E-state index in [0.29, 0.717) is 5.52 Å². The van der Waals surface area contributed by atoms with Crippen molar-refractivity contribution in [2.24, 2.45) is 0 Å². The van der Waals surface area contributed by atoms with Gasteiger partial charge in [0.25, 0.3) is 12.3 Å². The van der Waals surface area contributed by atoms with Crippen molar-refractivity contribution in [2.75, 3.05) is 0 Å². The average molecular weight is 346 g/mol. The highest BCUT2D eigenvalue weighted by atomic mass is 31.1. The molecule has 3 N–H and O–H groups in total. The number of amides is 1. The molecule has 0 spiro atoms. The first-order valence-electron chi connectivity index (χ1n) is 5.91. The average Bonchev–Trinajstić information content (AvgIpc) is 2.45. The minimum atomic E-state index is -3.48. The van der Waals surface area contributed by atoms with Crippen molar-refractivity contribution in [2.45, 2.75) is 6.41 Å². The first-order chi connectivity index (χ1) is 10.5. The second-order valence-corrected chi connectivity index (χ2v) is 5.50. The molecule has 0 radical (unpaired) electrons. The molecule has 2 rings (SSSR count). The standard InChI is InChI=1S/C11H12N2O7P2/c14-10(13-11(19-21(15)16)20-22(17)18)9-6-5-7-3-1-2-4-8(7)12-9/h1-6,11,21-22H,(H,13,14)(H,15,16)(H,17,18). The van der Waals surface area contributed by atoms with Gasteiger partial charge < -0.3 is 15.1 Å². The second-order valence-electron chi connectivity index (χ2n) is 3.96. The number of benzene rings is 1. The largest absolute Gasteiger partial charge is 0.326 e. The van der Waals surface area contributed by atoms with Gasteiger partial charge in [-0.1, -0.05) is 24.3 Å². The summed E-state index contributed by atoms with van der Waals surface area (Å²) in [6.45, 7) is 0. The van der Waals surface area contributed by atoms with Crippen molar-refractivity contribution in [3.63, 3.8) is 0 Å². The van der Waals surface area contributed by atoms with Gasteiger partial charge in [-0.15, -0.1) is 0 Å². The van der Waals surface area contributed by atoms with Crippen molar-refractivity contribution in [1.82, 2.24) is 10.3 Å². The molecule has 0 aliphatic rings. The molecule has 22 heavy (non-hydrogen) atoms. The highest BCUT2D eigenvalue weighted by Crippen LogP contribution is 2.25. The molecule has 0 aliphatic heterocycles. The number of hydrogen-bond donors (Lipinski definition) is 3. The second kappa shape index (κ2) is 7.60. The quantitative estimate of drug-likeness (QED) is 0.522. The number of para-hydroxylation sites is 1. The minimum Gasteiger partial charge on any atom is -0.326 e. The van der Waals surface area contributed by atoms with Gasteiger partial charge in [0.2, 0.25) is 0 Å². The van der Waals surface area contributed by atoms with Crippen molar-refractivity contribution in [3.8, 4) is 0 Å². The van der Waals surface area contributed by atoms with Crippen LogP contribution in [0.5, 0.6) is 0 Å². The fourth-order valence-electron chi connectivity index (χ4n) is 1.64. The molecule has 2 atom stereocenters. The summed E-state index contributed by atoms with van der Waals surface area (Å²) in [5, 5.41) is 2.87. The lowest BCUT2D eigenvalue weighted by Gasteiger charge is -2.15. The van der Waals surface area contributed by atoms with Crippen LogP contribution in [0.1, 0.15) is 10.5 Å². The number of fused-ring (bicyclic) bond motifs is 1. The zero-order chi connectivity index (χ0) is 16.1. The molecule has 2 aromatic rings. The molecule has 0 saturated carbocycles. The molecule has 0 bridgehead atoms. The van der Waals surface area contributed by atoms with E-state index in [4.69, 9.17) is 9.79 Å². The Morgan fingerprint density at radius 2 is 1.73 bits per heavy atom. The molecule has 0 aliphatic carbocycles. The molecule has 9 nitrogen and oxygen atoms in total. The van der Waals surface area contributed by atoms with Crippen molar-refractivity contribution >= 4 is 33.3 Å². The van der Waals surface area contributed by atoms with E-state index in [0.717, 1.165) is 5.39 Å². The fraction of sp³-hybridized carbons (Fsp3) is 0.0909. The molecule has 1 aromatic heterocycles. The Bertz CT molecular complexity index is 723. The lowest BCUT2D eigenvalue weighted by atomic mass is 10.2. The monoisotopic (exact) mass is 346 g/mol. The van der Waals surface area contributed by atoms with Gasteiger partial charge in [-0.2, -0.15) is 0 Å². The summed E-state index contributed by atoms with van der Waals surface area (Å²) in [6.07, 6.45) is -1.83. The predicted molar refractivity (Wildman–Crippen MR) is 77.6 cm³/mol. The molecule has 1 aromatic carbocycles. The molecular formula is C11H12N2O7P2. The third-order valence-corrected chi connectivity index (χ3v) is 3.33. The Balaban J connectivity index is 2.16. The SMILES string of the molecule is O=C(NC(O[PH](=O)O)O[PH](=O)O)c1ccc2ccccc2n1. The lowest BCUT2D eigenvalue weighted by Crippen LogP contribution is -2.36. The highest BCUT2D eigenvalue weighted by Gasteiger charge is 2.19. The van der Waals surface area contributed by atoms with Crippen LogP contribution in [0.2, 0.25) is 0 Å². The van der Waals surface area contributed by atoms with Gasteiger partial charge in [-0.25, -0.2) is 4.98 Å². The number of nitrogens with zero attached hydrogens (tertiary/aromatic N) is 1. The van der Waals surface area contributed by atoms with E-state index in [-0.39, 0.29) is 5.69 Å². The van der Waals surface area contributed by atoms with E-state index in [2.05, 4.69) is 14.0 Å². The van der Waals surface area contributed by atoms with Gasteiger partial charge in [-0.05, 0) is 12.1 Å². The van der Waals surface area contributed by atoms with E-state index in [1.165, 1.54) is 6.07 Å². The molecular weight excluding hydrogens is 334 g/mol. The maximum absolute atomic E-state index is 12.0. The normalized spacial score (nSPS) is 15.2. The summed E-state index contributed by atoms with van der Waals surface area (Å²) in [6, 6.07) is 10.2. The van der Waals surface area contributed by atoms with Crippen LogP contribution >= 0.6 is 16.5 Å². The number of nitrogens with one attached hydrogen (secondary N) is 1. The molecule has 1 amide bonds. The number of pyridine rings is 1. The van der Waals surface area contributed by atoms with Crippen LogP contribution in [0.25, 0.3) is 10.9 Å². The van der Waals surface area contributed by atoms with Crippen LogP contribution in [0.15, 0.2) is 36.4 Å². The number of rotatable bonds is 6. The topological polar surface area (TPSA) is 135 Å². The first kappa shape index (κ1) is 16.8. The Labute approximate surface area is 125 Å². The molecule has 1 heterocycles. The Kier molecular flexibility index (Phi) is 5.79. The van der Waals surface area contributed by atoms with Crippen LogP contribution in [0, 0.1) is 0 Å². The van der Waals surface area contributed by atoms with Gasteiger partial charge in [0.15, 0.2) is 0 Å². The van der Waals surface area contributed by atoms with Crippen molar-refractivity contribution < 1.29 is 32.8 Å². The smallest absolute Gasteiger partial charge is 0.320 e. The summed E-state index contributed by atoms with van der Waals surface area (Å²) in [5.74, 6) is -0.790. The van der Waals surface area contributed by atoms with Gasteiger partial charge in [-0.3, -0.25) is 23.0 Å². The van der Waals surface area contributed by atoms with Crippen LogP contribution in [0.4, 0.5) is 0 Å². The summed E-state index contributed by atoms with van der Waals surface area (Å²) in [7, 11) is -6.97. The fourth-order valence-corrected chi connectivity index (χ4v) is 2.32. The first-order valence-corrected chi connectivity index (χ1v) is 8.44. The Morgan fingerprint density at radius 1 is 1.09 bits per heavy atom. The number of carbonyl (C=O) groups excluding carboxylic acids is 1. The molecule has 0 fully saturated rings. The number of carbonyl (C=O) groups is 1. The lowest BCUT2D eigenvalue weighted by molar-refractivity contribution is -0.0191. The summed E-state index contributed by atoms with van der Waals surface area (Å²) in [4.78, 5) is 33.4. The van der Waals surface area contributed by atoms with E-state index in [1.807, 2.05) is 17.4 Å². The highest BCUT2D eigenvalue weighted by molar-refractivity contribution is 7.32. The van der Waals surface area contributed by atoms with E-state index in [9.17, 15) is 13.9 Å². The number of hydrogen-bond acceptors (Lipinski definition) is 6. The van der Waals surface area contributed by atoms with E-state index in [1.54, 1.807) is 18.2 Å². The van der Waals surface area contributed by atoms with Gasteiger partial charge >= 0.3 is 16.5 Å².